The molecule has 2 N–H and O–H groups in total. The number of ether oxygens (including phenoxy) is 1. The zero-order valence-corrected chi connectivity index (χ0v) is 15.4. The van der Waals surface area contributed by atoms with Crippen LogP contribution >= 0.6 is 0 Å². The average Bonchev–Trinajstić information content (AvgIpc) is 3.20. The highest BCUT2D eigenvalue weighted by Crippen LogP contribution is 2.21. The third kappa shape index (κ3) is 4.86. The van der Waals surface area contributed by atoms with Crippen molar-refractivity contribution >= 4 is 11.9 Å². The molecule has 27 heavy (non-hydrogen) atoms. The number of benzene rings is 2. The third-order valence-electron chi connectivity index (χ3n) is 4.86. The van der Waals surface area contributed by atoms with Gasteiger partial charge in [-0.25, -0.2) is 4.79 Å². The van der Waals surface area contributed by atoms with Gasteiger partial charge >= 0.3 is 5.97 Å². The van der Waals surface area contributed by atoms with Crippen LogP contribution in [0.4, 0.5) is 0 Å². The molecular formula is C21H24N2O4. The minimum atomic E-state index is -1.01. The molecule has 0 aromatic heterocycles. The Balaban J connectivity index is 1.76. The van der Waals surface area contributed by atoms with Gasteiger partial charge in [-0.1, -0.05) is 12.1 Å². The average molecular weight is 368 g/mol. The molecule has 142 valence electrons. The van der Waals surface area contributed by atoms with E-state index in [1.807, 2.05) is 24.3 Å². The Morgan fingerprint density at radius 2 is 1.63 bits per heavy atom. The van der Waals surface area contributed by atoms with Crippen molar-refractivity contribution in [3.63, 3.8) is 0 Å². The summed E-state index contributed by atoms with van der Waals surface area (Å²) in [4.78, 5) is 26.0. The molecule has 0 saturated carbocycles. The van der Waals surface area contributed by atoms with Crippen LogP contribution in [-0.2, 0) is 0 Å². The smallest absolute Gasteiger partial charge is 0.335 e. The van der Waals surface area contributed by atoms with Gasteiger partial charge in [0, 0.05) is 12.1 Å². The summed E-state index contributed by atoms with van der Waals surface area (Å²) < 4.78 is 5.22. The summed E-state index contributed by atoms with van der Waals surface area (Å²) in [5.74, 6) is -0.451. The maximum absolute atomic E-state index is 12.7. The normalized spacial score (nSPS) is 15.3. The Bertz CT molecular complexity index is 781. The fourth-order valence-corrected chi connectivity index (χ4v) is 3.30. The second-order valence-electron chi connectivity index (χ2n) is 6.69. The standard InChI is InChI=1S/C21H24N2O4/c1-27-18-10-8-15(9-11-18)19(14-23-12-2-3-13-23)22-20(24)16-4-6-17(7-5-16)21(25)26/h4-11,19H,2-3,12-14H2,1H3,(H,22,24)(H,25,26). The van der Waals surface area contributed by atoms with Gasteiger partial charge in [-0.05, 0) is 67.9 Å². The molecule has 1 aliphatic heterocycles. The molecule has 0 bridgehead atoms. The number of likely N-dealkylation sites (tertiary alicyclic amines) is 1. The minimum absolute atomic E-state index is 0.152. The zero-order valence-electron chi connectivity index (χ0n) is 15.4. The first-order valence-corrected chi connectivity index (χ1v) is 9.07. The summed E-state index contributed by atoms with van der Waals surface area (Å²) in [6.07, 6.45) is 2.36. The van der Waals surface area contributed by atoms with Crippen molar-refractivity contribution in [2.24, 2.45) is 0 Å². The molecule has 1 amide bonds. The van der Waals surface area contributed by atoms with Crippen molar-refractivity contribution in [2.45, 2.75) is 18.9 Å². The minimum Gasteiger partial charge on any atom is -0.497 e. The number of rotatable bonds is 7. The summed E-state index contributed by atoms with van der Waals surface area (Å²) >= 11 is 0. The zero-order chi connectivity index (χ0) is 19.2. The van der Waals surface area contributed by atoms with Crippen LogP contribution in [0.25, 0.3) is 0 Å². The Labute approximate surface area is 158 Å². The van der Waals surface area contributed by atoms with Crippen LogP contribution in [0, 0.1) is 0 Å². The van der Waals surface area contributed by atoms with Crippen LogP contribution in [0.2, 0.25) is 0 Å². The lowest BCUT2D eigenvalue weighted by Gasteiger charge is -2.25. The summed E-state index contributed by atoms with van der Waals surface area (Å²) in [7, 11) is 1.62. The number of nitrogens with one attached hydrogen (secondary N) is 1. The first kappa shape index (κ1) is 18.9. The van der Waals surface area contributed by atoms with E-state index in [9.17, 15) is 9.59 Å². The largest absolute Gasteiger partial charge is 0.497 e. The van der Waals surface area contributed by atoms with Crippen LogP contribution in [0.3, 0.4) is 0 Å². The van der Waals surface area contributed by atoms with Crippen LogP contribution in [0.15, 0.2) is 48.5 Å². The molecular weight excluding hydrogens is 344 g/mol. The lowest BCUT2D eigenvalue weighted by molar-refractivity contribution is 0.0696. The van der Waals surface area contributed by atoms with Crippen LogP contribution in [0.5, 0.6) is 5.75 Å². The molecule has 1 fully saturated rings. The first-order valence-electron chi connectivity index (χ1n) is 9.07. The van der Waals surface area contributed by atoms with Gasteiger partial charge in [0.1, 0.15) is 5.75 Å². The summed E-state index contributed by atoms with van der Waals surface area (Å²) in [5.41, 5.74) is 1.62. The third-order valence-corrected chi connectivity index (χ3v) is 4.86. The predicted molar refractivity (Wildman–Crippen MR) is 102 cm³/mol. The molecule has 1 unspecified atom stereocenters. The van der Waals surface area contributed by atoms with Crippen molar-refractivity contribution < 1.29 is 19.4 Å². The van der Waals surface area contributed by atoms with Gasteiger partial charge in [0.2, 0.25) is 0 Å². The fourth-order valence-electron chi connectivity index (χ4n) is 3.30. The second kappa shape index (κ2) is 8.68. The highest BCUT2D eigenvalue weighted by Gasteiger charge is 2.21. The summed E-state index contributed by atoms with van der Waals surface area (Å²) in [5, 5.41) is 12.1. The summed E-state index contributed by atoms with van der Waals surface area (Å²) in [6.45, 7) is 2.82. The van der Waals surface area contributed by atoms with E-state index in [1.165, 1.54) is 25.0 Å². The van der Waals surface area contributed by atoms with Crippen molar-refractivity contribution in [3.05, 3.63) is 65.2 Å². The van der Waals surface area contributed by atoms with E-state index in [-0.39, 0.29) is 17.5 Å². The highest BCUT2D eigenvalue weighted by atomic mass is 16.5. The van der Waals surface area contributed by atoms with Gasteiger partial charge in [0.25, 0.3) is 5.91 Å². The molecule has 0 aliphatic carbocycles. The number of hydrogen-bond acceptors (Lipinski definition) is 4. The van der Waals surface area contributed by atoms with E-state index in [0.29, 0.717) is 5.56 Å². The molecule has 1 atom stereocenters. The molecule has 6 nitrogen and oxygen atoms in total. The molecule has 1 aliphatic rings. The van der Waals surface area contributed by atoms with Crippen LogP contribution in [0.1, 0.15) is 45.2 Å². The van der Waals surface area contributed by atoms with Gasteiger partial charge in [0.05, 0.1) is 18.7 Å². The van der Waals surface area contributed by atoms with Crippen molar-refractivity contribution in [3.8, 4) is 5.75 Å². The molecule has 2 aromatic rings. The van der Waals surface area contributed by atoms with E-state index >= 15 is 0 Å². The first-order chi connectivity index (χ1) is 13.1. The molecule has 2 aromatic carbocycles. The predicted octanol–water partition coefficient (Wildman–Crippen LogP) is 2.96. The van der Waals surface area contributed by atoms with Crippen LogP contribution < -0.4 is 10.1 Å². The van der Waals surface area contributed by atoms with Gasteiger partial charge in [-0.15, -0.1) is 0 Å². The van der Waals surface area contributed by atoms with Gasteiger partial charge in [0.15, 0.2) is 0 Å². The fraction of sp³-hybridized carbons (Fsp3) is 0.333. The van der Waals surface area contributed by atoms with Gasteiger partial charge in [-0.2, -0.15) is 0 Å². The second-order valence-corrected chi connectivity index (χ2v) is 6.69. The SMILES string of the molecule is COc1ccc(C(CN2CCCC2)NC(=O)c2ccc(C(=O)O)cc2)cc1. The van der Waals surface area contributed by atoms with Gasteiger partial charge in [-0.3, -0.25) is 4.79 Å². The van der Waals surface area contributed by atoms with Crippen molar-refractivity contribution in [1.29, 1.82) is 0 Å². The Morgan fingerprint density at radius 3 is 2.19 bits per heavy atom. The van der Waals surface area contributed by atoms with E-state index in [2.05, 4.69) is 10.2 Å². The van der Waals surface area contributed by atoms with Crippen molar-refractivity contribution in [1.82, 2.24) is 10.2 Å². The molecule has 3 rings (SSSR count). The monoisotopic (exact) mass is 368 g/mol. The van der Waals surface area contributed by atoms with E-state index in [0.717, 1.165) is 30.9 Å². The van der Waals surface area contributed by atoms with E-state index < -0.39 is 5.97 Å². The molecule has 1 saturated heterocycles. The van der Waals surface area contributed by atoms with E-state index in [4.69, 9.17) is 9.84 Å². The van der Waals surface area contributed by atoms with E-state index in [1.54, 1.807) is 19.2 Å². The lowest BCUT2D eigenvalue weighted by Crippen LogP contribution is -2.37. The van der Waals surface area contributed by atoms with Crippen LogP contribution in [-0.4, -0.2) is 48.6 Å². The number of aromatic carboxylic acids is 1. The Morgan fingerprint density at radius 1 is 1.04 bits per heavy atom. The maximum Gasteiger partial charge on any atom is 0.335 e. The quantitative estimate of drug-likeness (QED) is 0.786. The lowest BCUT2D eigenvalue weighted by atomic mass is 10.0. The highest BCUT2D eigenvalue weighted by molar-refractivity contribution is 5.96. The van der Waals surface area contributed by atoms with Gasteiger partial charge < -0.3 is 20.1 Å². The topological polar surface area (TPSA) is 78.9 Å². The number of carboxylic acids is 1. The number of nitrogens with zero attached hydrogens (tertiary/aromatic N) is 1. The maximum atomic E-state index is 12.7. The molecule has 1 heterocycles. The summed E-state index contributed by atoms with van der Waals surface area (Å²) in [6, 6.07) is 13.5. The number of hydrogen-bond donors (Lipinski definition) is 2. The molecule has 0 spiro atoms. The van der Waals surface area contributed by atoms with Crippen molar-refractivity contribution in [2.75, 3.05) is 26.7 Å². The number of amides is 1. The number of carbonyl (C=O) groups is 2. The Kier molecular flexibility index (Phi) is 6.08. The molecule has 0 radical (unpaired) electrons. The number of methoxy groups -OCH3 is 1. The number of carbonyl (C=O) groups excluding carboxylic acids is 1. The Hall–Kier alpha value is -2.86. The number of carboxylic acid groups (broad SMARTS) is 1. The molecule has 6 heteroatoms.